The highest BCUT2D eigenvalue weighted by Crippen LogP contribution is 2.32. The Kier molecular flexibility index (Phi) is 5.00. The topological polar surface area (TPSA) is 84.1 Å². The fourth-order valence-corrected chi connectivity index (χ4v) is 3.32. The number of aryl methyl sites for hydroxylation is 1. The summed E-state index contributed by atoms with van der Waals surface area (Å²) >= 11 is 1.66. The molecule has 21 heavy (non-hydrogen) atoms. The molecule has 0 aromatic carbocycles. The molecule has 0 radical (unpaired) electrons. The molecule has 0 spiro atoms. The maximum Gasteiger partial charge on any atom is 0.223 e. The second-order valence-electron chi connectivity index (χ2n) is 5.43. The van der Waals surface area contributed by atoms with Crippen LogP contribution in [0.4, 0.5) is 11.8 Å². The lowest BCUT2D eigenvalue weighted by molar-refractivity contribution is 0.127. The van der Waals surface area contributed by atoms with Gasteiger partial charge in [-0.15, -0.1) is 11.3 Å². The first kappa shape index (κ1) is 16.0. The van der Waals surface area contributed by atoms with Gasteiger partial charge in [0.25, 0.3) is 0 Å². The van der Waals surface area contributed by atoms with Gasteiger partial charge in [-0.3, -0.25) is 0 Å². The molecule has 2 aromatic rings. The van der Waals surface area contributed by atoms with E-state index in [4.69, 9.17) is 5.73 Å². The largest absolute Gasteiger partial charge is 0.396 e. The molecule has 5 nitrogen and oxygen atoms in total. The van der Waals surface area contributed by atoms with E-state index in [2.05, 4.69) is 42.1 Å². The Morgan fingerprint density at radius 1 is 1.29 bits per heavy atom. The zero-order valence-electron chi connectivity index (χ0n) is 12.9. The molecule has 0 aliphatic heterocycles. The number of nitrogen functional groups attached to an aromatic ring is 1. The monoisotopic (exact) mass is 308 g/mol. The first-order valence-electron chi connectivity index (χ1n) is 7.48. The molecule has 0 saturated heterocycles. The summed E-state index contributed by atoms with van der Waals surface area (Å²) in [6.07, 6.45) is 2.81. The van der Waals surface area contributed by atoms with Gasteiger partial charge < -0.3 is 16.2 Å². The van der Waals surface area contributed by atoms with Crippen LogP contribution in [0.3, 0.4) is 0 Å². The second-order valence-corrected chi connectivity index (χ2v) is 6.55. The molecule has 4 N–H and O–H groups in total. The molecule has 0 amide bonds. The molecule has 6 heteroatoms. The summed E-state index contributed by atoms with van der Waals surface area (Å²) in [5, 5.41) is 14.1. The molecule has 0 fully saturated rings. The average Bonchev–Trinajstić information content (AvgIpc) is 2.92. The number of rotatable bonds is 7. The van der Waals surface area contributed by atoms with Crippen LogP contribution in [0.25, 0.3) is 10.2 Å². The molecule has 0 aliphatic carbocycles. The summed E-state index contributed by atoms with van der Waals surface area (Å²) in [7, 11) is 0. The van der Waals surface area contributed by atoms with Gasteiger partial charge in [-0.1, -0.05) is 20.8 Å². The molecule has 2 aromatic heterocycles. The maximum atomic E-state index is 9.67. The molecule has 0 atom stereocenters. The van der Waals surface area contributed by atoms with E-state index in [1.54, 1.807) is 11.3 Å². The van der Waals surface area contributed by atoms with Gasteiger partial charge >= 0.3 is 0 Å². The van der Waals surface area contributed by atoms with Crippen LogP contribution in [0.5, 0.6) is 0 Å². The van der Waals surface area contributed by atoms with Gasteiger partial charge in [0.05, 0.1) is 12.0 Å². The van der Waals surface area contributed by atoms with Crippen molar-refractivity contribution in [2.24, 2.45) is 5.41 Å². The first-order valence-corrected chi connectivity index (χ1v) is 8.29. The van der Waals surface area contributed by atoms with Gasteiger partial charge in [0, 0.05) is 16.8 Å². The maximum absolute atomic E-state index is 9.67. The minimum atomic E-state index is -0.115. The summed E-state index contributed by atoms with van der Waals surface area (Å²) in [5.41, 5.74) is 5.69. The molecule has 0 aliphatic rings. The Hall–Kier alpha value is -1.40. The number of hydrogen-bond donors (Lipinski definition) is 3. The number of nitrogens with zero attached hydrogens (tertiary/aromatic N) is 2. The van der Waals surface area contributed by atoms with Crippen LogP contribution in [0, 0.1) is 5.41 Å². The van der Waals surface area contributed by atoms with Crippen molar-refractivity contribution in [2.75, 3.05) is 24.2 Å². The quantitative estimate of drug-likeness (QED) is 0.732. The van der Waals surface area contributed by atoms with Crippen LogP contribution in [0.15, 0.2) is 6.07 Å². The van der Waals surface area contributed by atoms with Crippen molar-refractivity contribution in [3.05, 3.63) is 10.9 Å². The summed E-state index contributed by atoms with van der Waals surface area (Å²) in [6.45, 7) is 7.18. The number of aromatic nitrogens is 2. The number of aliphatic hydroxyl groups is 1. The van der Waals surface area contributed by atoms with Crippen LogP contribution in [-0.2, 0) is 6.42 Å². The molecule has 116 valence electrons. The van der Waals surface area contributed by atoms with Gasteiger partial charge in [0.2, 0.25) is 5.95 Å². The first-order chi connectivity index (χ1) is 10.1. The molecular weight excluding hydrogens is 284 g/mol. The summed E-state index contributed by atoms with van der Waals surface area (Å²) in [4.78, 5) is 10.8. The number of nitrogens with two attached hydrogens (primary N) is 1. The van der Waals surface area contributed by atoms with E-state index in [-0.39, 0.29) is 18.0 Å². The molecular formula is C15H24N4OS. The smallest absolute Gasteiger partial charge is 0.223 e. The van der Waals surface area contributed by atoms with Gasteiger partial charge in [0.15, 0.2) is 0 Å². The normalized spacial score (nSPS) is 12.0. The van der Waals surface area contributed by atoms with Crippen molar-refractivity contribution in [1.29, 1.82) is 0 Å². The highest BCUT2D eigenvalue weighted by atomic mass is 32.1. The summed E-state index contributed by atoms with van der Waals surface area (Å²) in [6, 6.07) is 2.13. The van der Waals surface area contributed by atoms with Crippen molar-refractivity contribution in [1.82, 2.24) is 9.97 Å². The molecule has 0 bridgehead atoms. The Bertz CT molecular complexity index is 599. The highest BCUT2D eigenvalue weighted by Gasteiger charge is 2.25. The standard InChI is InChI=1S/C15H24N4OS/c1-4-10-7-11-12(18-14(16)19-13(11)21-10)17-8-15(5-2,6-3)9-20/h7,20H,4-6,8-9H2,1-3H3,(H3,16,17,18,19). The number of nitrogens with one attached hydrogen (secondary N) is 1. The lowest BCUT2D eigenvalue weighted by atomic mass is 9.83. The Morgan fingerprint density at radius 3 is 2.57 bits per heavy atom. The molecule has 0 unspecified atom stereocenters. The number of fused-ring (bicyclic) bond motifs is 1. The van der Waals surface area contributed by atoms with Crippen molar-refractivity contribution in [3.63, 3.8) is 0 Å². The Balaban J connectivity index is 2.31. The van der Waals surface area contributed by atoms with Gasteiger partial charge in [-0.25, -0.2) is 4.98 Å². The number of hydrogen-bond acceptors (Lipinski definition) is 6. The van der Waals surface area contributed by atoms with Crippen LogP contribution < -0.4 is 11.1 Å². The van der Waals surface area contributed by atoms with Gasteiger partial charge in [-0.2, -0.15) is 4.98 Å². The van der Waals surface area contributed by atoms with E-state index in [9.17, 15) is 5.11 Å². The predicted molar refractivity (Wildman–Crippen MR) is 89.8 cm³/mol. The van der Waals surface area contributed by atoms with E-state index < -0.39 is 0 Å². The van der Waals surface area contributed by atoms with Crippen molar-refractivity contribution in [3.8, 4) is 0 Å². The Labute approximate surface area is 129 Å². The SMILES string of the molecule is CCc1cc2c(NCC(CC)(CC)CO)nc(N)nc2s1. The fraction of sp³-hybridized carbons (Fsp3) is 0.600. The molecule has 2 heterocycles. The van der Waals surface area contributed by atoms with Crippen LogP contribution in [-0.4, -0.2) is 28.2 Å². The second kappa shape index (κ2) is 6.58. The summed E-state index contributed by atoms with van der Waals surface area (Å²) < 4.78 is 0. The Morgan fingerprint density at radius 2 is 2.00 bits per heavy atom. The van der Waals surface area contributed by atoms with Crippen molar-refractivity contribution in [2.45, 2.75) is 40.0 Å². The lowest BCUT2D eigenvalue weighted by Crippen LogP contribution is -2.32. The van der Waals surface area contributed by atoms with Crippen LogP contribution >= 0.6 is 11.3 Å². The third-order valence-electron chi connectivity index (χ3n) is 4.28. The van der Waals surface area contributed by atoms with Crippen LogP contribution in [0.2, 0.25) is 0 Å². The van der Waals surface area contributed by atoms with Crippen LogP contribution in [0.1, 0.15) is 38.5 Å². The molecule has 2 rings (SSSR count). The van der Waals surface area contributed by atoms with Gasteiger partial charge in [-0.05, 0) is 25.3 Å². The minimum absolute atomic E-state index is 0.115. The van der Waals surface area contributed by atoms with Crippen molar-refractivity contribution < 1.29 is 5.11 Å². The highest BCUT2D eigenvalue weighted by molar-refractivity contribution is 7.18. The fourth-order valence-electron chi connectivity index (χ4n) is 2.35. The van der Waals surface area contributed by atoms with E-state index >= 15 is 0 Å². The zero-order valence-corrected chi connectivity index (χ0v) is 13.8. The molecule has 0 saturated carbocycles. The van der Waals surface area contributed by atoms with Crippen molar-refractivity contribution >= 4 is 33.3 Å². The lowest BCUT2D eigenvalue weighted by Gasteiger charge is -2.29. The number of thiophene rings is 1. The van der Waals surface area contributed by atoms with E-state index in [0.717, 1.165) is 35.3 Å². The average molecular weight is 308 g/mol. The van der Waals surface area contributed by atoms with E-state index in [1.165, 1.54) is 4.88 Å². The predicted octanol–water partition coefficient (Wildman–Crippen LogP) is 3.05. The van der Waals surface area contributed by atoms with E-state index in [1.807, 2.05) is 0 Å². The zero-order chi connectivity index (χ0) is 15.5. The number of anilines is 2. The number of aliphatic hydroxyl groups excluding tert-OH is 1. The van der Waals surface area contributed by atoms with E-state index in [0.29, 0.717) is 6.54 Å². The third-order valence-corrected chi connectivity index (χ3v) is 5.45. The van der Waals surface area contributed by atoms with Gasteiger partial charge in [0.1, 0.15) is 10.6 Å². The minimum Gasteiger partial charge on any atom is -0.396 e. The third kappa shape index (κ3) is 3.27. The summed E-state index contributed by atoms with van der Waals surface area (Å²) in [5.74, 6) is 1.06.